The first kappa shape index (κ1) is 30.6. The van der Waals surface area contributed by atoms with E-state index in [1.165, 1.54) is 15.7 Å². The third-order valence-corrected chi connectivity index (χ3v) is 10.9. The second kappa shape index (κ2) is 12.5. The Labute approximate surface area is 309 Å². The minimum Gasteiger partial charge on any atom is -0.352 e. The van der Waals surface area contributed by atoms with Gasteiger partial charge in [-0.25, -0.2) is 15.0 Å². The quantitative estimate of drug-likeness (QED) is 0.193. The summed E-state index contributed by atoms with van der Waals surface area (Å²) in [6.07, 6.45) is 0. The summed E-state index contributed by atoms with van der Waals surface area (Å²) in [6.45, 7) is 0. The summed E-state index contributed by atoms with van der Waals surface area (Å²) in [5.41, 5.74) is 10.5. The number of nitrogens with one attached hydrogen (secondary N) is 1. The van der Waals surface area contributed by atoms with Gasteiger partial charge in [0.25, 0.3) is 0 Å². The molecule has 0 spiro atoms. The predicted molar refractivity (Wildman–Crippen MR) is 215 cm³/mol. The molecule has 9 aromatic rings. The predicted octanol–water partition coefficient (Wildman–Crippen LogP) is 12.5. The zero-order valence-corrected chi connectivity index (χ0v) is 29.2. The van der Waals surface area contributed by atoms with Crippen LogP contribution in [0.5, 0.6) is 0 Å². The Hall–Kier alpha value is -6.21. The van der Waals surface area contributed by atoms with E-state index in [2.05, 4.69) is 101 Å². The smallest absolute Gasteiger partial charge is 0.164 e. The van der Waals surface area contributed by atoms with Gasteiger partial charge in [0.1, 0.15) is 0 Å². The molecule has 10 rings (SSSR count). The van der Waals surface area contributed by atoms with Crippen LogP contribution in [0, 0.1) is 0 Å². The van der Waals surface area contributed by atoms with Gasteiger partial charge in [0.15, 0.2) is 17.5 Å². The number of anilines is 2. The first-order valence-corrected chi connectivity index (χ1v) is 18.2. The minimum atomic E-state index is 0.627. The Balaban J connectivity index is 1.08. The lowest BCUT2D eigenvalue weighted by Gasteiger charge is -2.22. The van der Waals surface area contributed by atoms with Crippen LogP contribution in [-0.4, -0.2) is 19.5 Å². The molecule has 0 unspecified atom stereocenters. The highest BCUT2D eigenvalue weighted by Gasteiger charge is 2.20. The number of para-hydroxylation sites is 2. The molecule has 0 aliphatic carbocycles. The minimum absolute atomic E-state index is 0.627. The molecule has 1 N–H and O–H groups in total. The Morgan fingerprint density at radius 1 is 0.462 bits per heavy atom. The summed E-state index contributed by atoms with van der Waals surface area (Å²) >= 11 is 8.24. The second-order valence-electron chi connectivity index (χ2n) is 12.7. The lowest BCUT2D eigenvalue weighted by atomic mass is 10.0. The molecule has 0 radical (unpaired) electrons. The van der Waals surface area contributed by atoms with Crippen LogP contribution in [0.1, 0.15) is 0 Å². The standard InChI is InChI=1S/C45H28ClN5S/c46-36-18-10-20-40-42(36)47-37-23-21-31(27-41(37)52-40)30-22-24-39-35(26-30)34-17-7-8-19-38(34)51(39)33-16-9-15-32(25-33)45-49-43(28-11-3-1-4-12-28)48-44(50-45)29-13-5-2-6-14-29/h1-27,47H. The monoisotopic (exact) mass is 705 g/mol. The molecule has 0 amide bonds. The lowest BCUT2D eigenvalue weighted by Crippen LogP contribution is -2.01. The Morgan fingerprint density at radius 3 is 1.85 bits per heavy atom. The van der Waals surface area contributed by atoms with E-state index >= 15 is 0 Å². The zero-order valence-electron chi connectivity index (χ0n) is 27.7. The van der Waals surface area contributed by atoms with Gasteiger partial charge >= 0.3 is 0 Å². The third-order valence-electron chi connectivity index (χ3n) is 9.50. The number of fused-ring (bicyclic) bond motifs is 5. The molecule has 0 bridgehead atoms. The number of nitrogens with zero attached hydrogens (tertiary/aromatic N) is 4. The first-order valence-electron chi connectivity index (χ1n) is 17.0. The number of hydrogen-bond donors (Lipinski definition) is 1. The average molecular weight is 706 g/mol. The summed E-state index contributed by atoms with van der Waals surface area (Å²) < 4.78 is 2.34. The topological polar surface area (TPSA) is 55.6 Å². The van der Waals surface area contributed by atoms with E-state index in [1.54, 1.807) is 11.8 Å². The van der Waals surface area contributed by atoms with Gasteiger partial charge in [0.2, 0.25) is 0 Å². The molecular weight excluding hydrogens is 678 g/mol. The molecule has 246 valence electrons. The van der Waals surface area contributed by atoms with Crippen LogP contribution in [0.2, 0.25) is 5.02 Å². The van der Waals surface area contributed by atoms with E-state index in [9.17, 15) is 0 Å². The molecular formula is C45H28ClN5S. The molecule has 0 saturated carbocycles. The maximum atomic E-state index is 6.50. The molecule has 0 atom stereocenters. The largest absolute Gasteiger partial charge is 0.352 e. The van der Waals surface area contributed by atoms with Gasteiger partial charge in [0, 0.05) is 42.9 Å². The second-order valence-corrected chi connectivity index (χ2v) is 14.2. The number of rotatable bonds is 5. The van der Waals surface area contributed by atoms with Crippen molar-refractivity contribution in [1.82, 2.24) is 19.5 Å². The van der Waals surface area contributed by atoms with E-state index in [0.717, 1.165) is 65.8 Å². The Morgan fingerprint density at radius 2 is 1.08 bits per heavy atom. The number of benzene rings is 7. The fraction of sp³-hybridized carbons (Fsp3) is 0. The van der Waals surface area contributed by atoms with Gasteiger partial charge in [-0.15, -0.1) is 0 Å². The van der Waals surface area contributed by atoms with Gasteiger partial charge in [-0.1, -0.05) is 133 Å². The van der Waals surface area contributed by atoms with Crippen LogP contribution in [0.3, 0.4) is 0 Å². The van der Waals surface area contributed by atoms with Gasteiger partial charge in [-0.05, 0) is 65.7 Å². The molecule has 7 aromatic carbocycles. The van der Waals surface area contributed by atoms with Crippen molar-refractivity contribution >= 4 is 56.5 Å². The summed E-state index contributed by atoms with van der Waals surface area (Å²) in [5.74, 6) is 1.91. The van der Waals surface area contributed by atoms with Crippen molar-refractivity contribution in [2.24, 2.45) is 0 Å². The fourth-order valence-electron chi connectivity index (χ4n) is 7.01. The Kier molecular flexibility index (Phi) is 7.37. The maximum Gasteiger partial charge on any atom is 0.164 e. The van der Waals surface area contributed by atoms with Crippen LogP contribution >= 0.6 is 23.4 Å². The van der Waals surface area contributed by atoms with Crippen LogP contribution in [-0.2, 0) is 0 Å². The lowest BCUT2D eigenvalue weighted by molar-refractivity contribution is 1.07. The molecule has 0 saturated heterocycles. The molecule has 2 aromatic heterocycles. The molecule has 1 aliphatic rings. The van der Waals surface area contributed by atoms with Crippen LogP contribution in [0.25, 0.3) is 72.8 Å². The summed E-state index contributed by atoms with van der Waals surface area (Å²) in [6, 6.07) is 56.7. The summed E-state index contributed by atoms with van der Waals surface area (Å²) in [4.78, 5) is 17.2. The van der Waals surface area contributed by atoms with E-state index < -0.39 is 0 Å². The van der Waals surface area contributed by atoms with Gasteiger partial charge in [-0.2, -0.15) is 0 Å². The van der Waals surface area contributed by atoms with Crippen molar-refractivity contribution in [3.63, 3.8) is 0 Å². The number of aromatic nitrogens is 4. The van der Waals surface area contributed by atoms with E-state index in [-0.39, 0.29) is 0 Å². The van der Waals surface area contributed by atoms with Gasteiger partial charge in [0.05, 0.1) is 27.4 Å². The van der Waals surface area contributed by atoms with Crippen molar-refractivity contribution in [1.29, 1.82) is 0 Å². The molecule has 0 fully saturated rings. The number of halogens is 1. The highest BCUT2D eigenvalue weighted by molar-refractivity contribution is 7.99. The van der Waals surface area contributed by atoms with E-state index in [1.807, 2.05) is 72.8 Å². The molecule has 5 nitrogen and oxygen atoms in total. The van der Waals surface area contributed by atoms with E-state index in [0.29, 0.717) is 17.5 Å². The van der Waals surface area contributed by atoms with Crippen LogP contribution in [0.15, 0.2) is 174 Å². The van der Waals surface area contributed by atoms with Crippen molar-refractivity contribution in [2.75, 3.05) is 5.32 Å². The highest BCUT2D eigenvalue weighted by atomic mass is 35.5. The third kappa shape index (κ3) is 5.32. The SMILES string of the molecule is Clc1cccc2c1Nc1ccc(-c3ccc4c(c3)c3ccccc3n4-c3cccc(-c4nc(-c5ccccc5)nc(-c5ccccc5)n4)c3)cc1S2. The van der Waals surface area contributed by atoms with Crippen LogP contribution in [0.4, 0.5) is 11.4 Å². The maximum absolute atomic E-state index is 6.50. The fourth-order valence-corrected chi connectivity index (χ4v) is 8.35. The molecule has 1 aliphatic heterocycles. The highest BCUT2D eigenvalue weighted by Crippen LogP contribution is 2.48. The summed E-state index contributed by atoms with van der Waals surface area (Å²) in [5, 5.41) is 6.65. The van der Waals surface area contributed by atoms with Crippen molar-refractivity contribution in [3.8, 4) is 51.0 Å². The Bertz CT molecular complexity index is 2760. The number of hydrogen-bond acceptors (Lipinski definition) is 5. The van der Waals surface area contributed by atoms with E-state index in [4.69, 9.17) is 26.6 Å². The van der Waals surface area contributed by atoms with Crippen molar-refractivity contribution < 1.29 is 0 Å². The van der Waals surface area contributed by atoms with Crippen LogP contribution < -0.4 is 5.32 Å². The van der Waals surface area contributed by atoms with Gasteiger partial charge < -0.3 is 9.88 Å². The molecule has 52 heavy (non-hydrogen) atoms. The normalized spacial score (nSPS) is 12.0. The zero-order chi connectivity index (χ0) is 34.6. The van der Waals surface area contributed by atoms with Crippen molar-refractivity contribution in [2.45, 2.75) is 9.79 Å². The van der Waals surface area contributed by atoms with Crippen molar-refractivity contribution in [3.05, 3.63) is 169 Å². The average Bonchev–Trinajstić information content (AvgIpc) is 3.54. The first-order chi connectivity index (χ1) is 25.7. The van der Waals surface area contributed by atoms with Gasteiger partial charge in [-0.3, -0.25) is 0 Å². The molecule has 7 heteroatoms. The molecule has 3 heterocycles. The summed E-state index contributed by atoms with van der Waals surface area (Å²) in [7, 11) is 0.